The molecule has 0 saturated carbocycles. The highest BCUT2D eigenvalue weighted by molar-refractivity contribution is 6.38. The first-order valence-corrected chi connectivity index (χ1v) is 10.9. The van der Waals surface area contributed by atoms with E-state index in [1.54, 1.807) is 18.9 Å². The van der Waals surface area contributed by atoms with Crippen molar-refractivity contribution in [3.63, 3.8) is 0 Å². The zero-order valence-corrected chi connectivity index (χ0v) is 18.5. The molecule has 7 nitrogen and oxygen atoms in total. The van der Waals surface area contributed by atoms with Gasteiger partial charge in [0.1, 0.15) is 12.1 Å². The van der Waals surface area contributed by atoms with Gasteiger partial charge < -0.3 is 15.1 Å². The second kappa shape index (κ2) is 10.7. The van der Waals surface area contributed by atoms with Crippen molar-refractivity contribution in [1.82, 2.24) is 15.1 Å². The maximum Gasteiger partial charge on any atom is 0.291 e. The number of hydrogen-bond donors (Lipinski definition) is 1. The minimum atomic E-state index is -0.999. The Balaban J connectivity index is 1.77. The van der Waals surface area contributed by atoms with E-state index in [1.807, 2.05) is 60.7 Å². The molecule has 1 aliphatic rings. The number of carbonyl (C=O) groups is 4. The number of benzene rings is 2. The predicted molar refractivity (Wildman–Crippen MR) is 120 cm³/mol. The molecule has 2 unspecified atom stereocenters. The summed E-state index contributed by atoms with van der Waals surface area (Å²) in [6.07, 6.45) is 0.861. The molecule has 0 spiro atoms. The Labute approximate surface area is 188 Å². The third kappa shape index (κ3) is 5.60. The van der Waals surface area contributed by atoms with E-state index in [0.717, 1.165) is 11.1 Å². The maximum atomic E-state index is 13.2. The van der Waals surface area contributed by atoms with Crippen molar-refractivity contribution in [2.24, 2.45) is 0 Å². The van der Waals surface area contributed by atoms with Gasteiger partial charge in [0.25, 0.3) is 5.91 Å². The molecule has 1 heterocycles. The van der Waals surface area contributed by atoms with Gasteiger partial charge in [-0.15, -0.1) is 0 Å². The number of rotatable bonds is 9. The Morgan fingerprint density at radius 3 is 2.22 bits per heavy atom. The summed E-state index contributed by atoms with van der Waals surface area (Å²) in [6.45, 7) is 2.49. The van der Waals surface area contributed by atoms with Crippen LogP contribution in [-0.4, -0.2) is 59.0 Å². The molecular formula is C25H29N3O4. The third-order valence-corrected chi connectivity index (χ3v) is 5.77. The topological polar surface area (TPSA) is 86.8 Å². The number of carbonyl (C=O) groups excluding carboxylic acids is 4. The van der Waals surface area contributed by atoms with Crippen molar-refractivity contribution >= 4 is 23.5 Å². The van der Waals surface area contributed by atoms with Crippen molar-refractivity contribution in [3.8, 4) is 0 Å². The average molecular weight is 436 g/mol. The highest BCUT2D eigenvalue weighted by Crippen LogP contribution is 2.22. The van der Waals surface area contributed by atoms with Crippen LogP contribution < -0.4 is 5.32 Å². The molecule has 168 valence electrons. The summed E-state index contributed by atoms with van der Waals surface area (Å²) >= 11 is 0. The van der Waals surface area contributed by atoms with Crippen LogP contribution in [0.1, 0.15) is 30.9 Å². The van der Waals surface area contributed by atoms with Crippen LogP contribution in [0.15, 0.2) is 60.7 Å². The first-order valence-electron chi connectivity index (χ1n) is 10.9. The summed E-state index contributed by atoms with van der Waals surface area (Å²) in [5.74, 6) is -1.81. The molecule has 2 atom stereocenters. The highest BCUT2D eigenvalue weighted by Gasteiger charge is 2.38. The van der Waals surface area contributed by atoms with Crippen molar-refractivity contribution in [1.29, 1.82) is 0 Å². The Hall–Kier alpha value is -3.48. The smallest absolute Gasteiger partial charge is 0.291 e. The van der Waals surface area contributed by atoms with E-state index in [-0.39, 0.29) is 18.7 Å². The van der Waals surface area contributed by atoms with Crippen LogP contribution in [-0.2, 0) is 32.1 Å². The Morgan fingerprint density at radius 2 is 1.62 bits per heavy atom. The normalized spacial score (nSPS) is 16.5. The molecular weight excluding hydrogens is 406 g/mol. The number of likely N-dealkylation sites (N-methyl/N-ethyl adjacent to an activating group) is 1. The van der Waals surface area contributed by atoms with Gasteiger partial charge >= 0.3 is 0 Å². The number of nitrogens with zero attached hydrogens (tertiary/aromatic N) is 2. The monoisotopic (exact) mass is 435 g/mol. The first-order chi connectivity index (χ1) is 15.4. The van der Waals surface area contributed by atoms with Crippen LogP contribution >= 0.6 is 0 Å². The molecule has 0 radical (unpaired) electrons. The molecule has 32 heavy (non-hydrogen) atoms. The van der Waals surface area contributed by atoms with E-state index in [2.05, 4.69) is 5.32 Å². The zero-order valence-electron chi connectivity index (χ0n) is 18.5. The van der Waals surface area contributed by atoms with Gasteiger partial charge in [-0.3, -0.25) is 19.2 Å². The molecule has 2 aromatic rings. The summed E-state index contributed by atoms with van der Waals surface area (Å²) in [5, 5.41) is 2.77. The van der Waals surface area contributed by atoms with Gasteiger partial charge in [-0.05, 0) is 24.5 Å². The zero-order chi connectivity index (χ0) is 23.1. The average Bonchev–Trinajstić information content (AvgIpc) is 3.18. The summed E-state index contributed by atoms with van der Waals surface area (Å²) < 4.78 is 0. The number of amides is 3. The van der Waals surface area contributed by atoms with Gasteiger partial charge in [0, 0.05) is 33.0 Å². The van der Waals surface area contributed by atoms with Crippen LogP contribution in [0.2, 0.25) is 0 Å². The number of Topliss-reactive ketones (excluding diaryl/α,β-unsaturated/α-hetero) is 1. The number of nitrogens with one attached hydrogen (secondary N) is 1. The molecule has 3 rings (SSSR count). The quantitative estimate of drug-likeness (QED) is 0.610. The molecule has 0 bridgehead atoms. The second-order valence-electron chi connectivity index (χ2n) is 8.00. The van der Waals surface area contributed by atoms with Gasteiger partial charge in [0.2, 0.25) is 17.6 Å². The van der Waals surface area contributed by atoms with Crippen molar-refractivity contribution in [2.45, 2.75) is 44.8 Å². The molecule has 1 fully saturated rings. The van der Waals surface area contributed by atoms with Gasteiger partial charge in [0.15, 0.2) is 0 Å². The lowest BCUT2D eigenvalue weighted by Gasteiger charge is -2.27. The first kappa shape index (κ1) is 23.2. The lowest BCUT2D eigenvalue weighted by Crippen LogP contribution is -2.53. The van der Waals surface area contributed by atoms with Gasteiger partial charge in [0.05, 0.1) is 0 Å². The van der Waals surface area contributed by atoms with E-state index >= 15 is 0 Å². The molecule has 1 N–H and O–H groups in total. The lowest BCUT2D eigenvalue weighted by atomic mass is 10.0. The summed E-state index contributed by atoms with van der Waals surface area (Å²) in [7, 11) is 1.55. The van der Waals surface area contributed by atoms with E-state index in [0.29, 0.717) is 19.5 Å². The molecule has 0 aliphatic carbocycles. The summed E-state index contributed by atoms with van der Waals surface area (Å²) in [6, 6.07) is 17.0. The van der Waals surface area contributed by atoms with Gasteiger partial charge in [-0.2, -0.15) is 0 Å². The highest BCUT2D eigenvalue weighted by atomic mass is 16.2. The fraction of sp³-hybridized carbons (Fsp3) is 0.360. The van der Waals surface area contributed by atoms with Crippen LogP contribution in [0.25, 0.3) is 0 Å². The SMILES string of the molecule is CCN(C)C(=O)C(=O)C(Cc1ccccc1)NC(=O)C1CCC(=O)N1Cc1ccccc1. The molecule has 0 aromatic heterocycles. The predicted octanol–water partition coefficient (Wildman–Crippen LogP) is 1.95. The summed E-state index contributed by atoms with van der Waals surface area (Å²) in [4.78, 5) is 54.0. The van der Waals surface area contributed by atoms with Crippen LogP contribution in [0.3, 0.4) is 0 Å². The minimum absolute atomic E-state index is 0.0956. The van der Waals surface area contributed by atoms with Crippen molar-refractivity contribution < 1.29 is 19.2 Å². The van der Waals surface area contributed by atoms with Crippen molar-refractivity contribution in [3.05, 3.63) is 71.8 Å². The molecule has 2 aromatic carbocycles. The molecule has 1 aliphatic heterocycles. The van der Waals surface area contributed by atoms with Crippen LogP contribution in [0.4, 0.5) is 0 Å². The lowest BCUT2D eigenvalue weighted by molar-refractivity contribution is -0.145. The van der Waals surface area contributed by atoms with Crippen LogP contribution in [0, 0.1) is 0 Å². The second-order valence-corrected chi connectivity index (χ2v) is 8.00. The molecule has 1 saturated heterocycles. The van der Waals surface area contributed by atoms with E-state index in [1.165, 1.54) is 4.90 Å². The number of ketones is 1. The largest absolute Gasteiger partial charge is 0.344 e. The molecule has 3 amide bonds. The van der Waals surface area contributed by atoms with E-state index in [4.69, 9.17) is 0 Å². The number of likely N-dealkylation sites (tertiary alicyclic amines) is 1. The van der Waals surface area contributed by atoms with Gasteiger partial charge in [-0.25, -0.2) is 0 Å². The maximum absolute atomic E-state index is 13.2. The van der Waals surface area contributed by atoms with E-state index in [9.17, 15) is 19.2 Å². The van der Waals surface area contributed by atoms with Gasteiger partial charge in [-0.1, -0.05) is 60.7 Å². The third-order valence-electron chi connectivity index (χ3n) is 5.77. The standard InChI is InChI=1S/C25H29N3O4/c1-3-27(2)25(32)23(30)20(16-18-10-6-4-7-11-18)26-24(31)21-14-15-22(29)28(21)17-19-12-8-5-9-13-19/h4-13,20-21H,3,14-17H2,1-2H3,(H,26,31). The van der Waals surface area contributed by atoms with Crippen LogP contribution in [0.5, 0.6) is 0 Å². The minimum Gasteiger partial charge on any atom is -0.344 e. The Morgan fingerprint density at radius 1 is 1.03 bits per heavy atom. The number of hydrogen-bond acceptors (Lipinski definition) is 4. The molecule has 7 heteroatoms. The fourth-order valence-corrected chi connectivity index (χ4v) is 3.79. The van der Waals surface area contributed by atoms with E-state index < -0.39 is 29.7 Å². The Bertz CT molecular complexity index is 962. The fourth-order valence-electron chi connectivity index (χ4n) is 3.79. The summed E-state index contributed by atoms with van der Waals surface area (Å²) in [5.41, 5.74) is 1.76. The van der Waals surface area contributed by atoms with Crippen molar-refractivity contribution in [2.75, 3.05) is 13.6 Å². The Kier molecular flexibility index (Phi) is 7.76.